The van der Waals surface area contributed by atoms with E-state index in [0.29, 0.717) is 16.9 Å². The SMILES string of the molecule is CCC(C)c1noc(-c2sc(N)nc2C)n1. The normalized spacial score (nSPS) is 12.9. The van der Waals surface area contributed by atoms with Gasteiger partial charge in [-0.15, -0.1) is 0 Å². The highest BCUT2D eigenvalue weighted by molar-refractivity contribution is 7.18. The van der Waals surface area contributed by atoms with E-state index in [1.807, 2.05) is 6.92 Å². The Kier molecular flexibility index (Phi) is 2.91. The van der Waals surface area contributed by atoms with E-state index in [1.165, 1.54) is 11.3 Å². The lowest BCUT2D eigenvalue weighted by molar-refractivity contribution is 0.417. The number of hydrogen-bond donors (Lipinski definition) is 1. The van der Waals surface area contributed by atoms with E-state index < -0.39 is 0 Å². The molecule has 2 rings (SSSR count). The second-order valence-corrected chi connectivity index (χ2v) is 4.76. The van der Waals surface area contributed by atoms with Crippen LogP contribution in [0, 0.1) is 6.92 Å². The summed E-state index contributed by atoms with van der Waals surface area (Å²) in [5.74, 6) is 1.56. The zero-order valence-corrected chi connectivity index (χ0v) is 10.3. The highest BCUT2D eigenvalue weighted by Gasteiger charge is 2.17. The summed E-state index contributed by atoms with van der Waals surface area (Å²) in [6.45, 7) is 6.05. The van der Waals surface area contributed by atoms with Crippen LogP contribution in [-0.4, -0.2) is 15.1 Å². The van der Waals surface area contributed by atoms with Crippen molar-refractivity contribution >= 4 is 16.5 Å². The summed E-state index contributed by atoms with van der Waals surface area (Å²) in [4.78, 5) is 9.35. The monoisotopic (exact) mass is 238 g/mol. The molecule has 0 amide bonds. The number of aromatic nitrogens is 3. The zero-order valence-electron chi connectivity index (χ0n) is 9.52. The fourth-order valence-electron chi connectivity index (χ4n) is 1.33. The van der Waals surface area contributed by atoms with Crippen molar-refractivity contribution in [3.63, 3.8) is 0 Å². The molecule has 86 valence electrons. The number of nitrogens with two attached hydrogens (primary N) is 1. The summed E-state index contributed by atoms with van der Waals surface area (Å²) in [6.07, 6.45) is 0.989. The minimum absolute atomic E-state index is 0.308. The van der Waals surface area contributed by atoms with Gasteiger partial charge in [-0.1, -0.05) is 30.3 Å². The van der Waals surface area contributed by atoms with Crippen LogP contribution in [0.15, 0.2) is 4.52 Å². The molecule has 2 N–H and O–H groups in total. The molecule has 0 saturated heterocycles. The molecule has 2 heterocycles. The van der Waals surface area contributed by atoms with Crippen LogP contribution < -0.4 is 5.73 Å². The highest BCUT2D eigenvalue weighted by atomic mass is 32.1. The third kappa shape index (κ3) is 1.92. The summed E-state index contributed by atoms with van der Waals surface area (Å²) in [7, 11) is 0. The summed E-state index contributed by atoms with van der Waals surface area (Å²) < 4.78 is 5.22. The van der Waals surface area contributed by atoms with Crippen LogP contribution >= 0.6 is 11.3 Å². The van der Waals surface area contributed by atoms with Crippen LogP contribution in [0.1, 0.15) is 37.7 Å². The number of rotatable bonds is 3. The molecule has 0 bridgehead atoms. The topological polar surface area (TPSA) is 77.8 Å². The van der Waals surface area contributed by atoms with Crippen LogP contribution in [0.25, 0.3) is 10.8 Å². The molecule has 16 heavy (non-hydrogen) atoms. The average molecular weight is 238 g/mol. The number of hydrogen-bond acceptors (Lipinski definition) is 6. The molecule has 0 radical (unpaired) electrons. The maximum Gasteiger partial charge on any atom is 0.269 e. The lowest BCUT2D eigenvalue weighted by Crippen LogP contribution is -1.93. The molecule has 6 heteroatoms. The fourth-order valence-corrected chi connectivity index (χ4v) is 2.08. The molecular formula is C10H14N4OS. The van der Waals surface area contributed by atoms with E-state index in [9.17, 15) is 0 Å². The minimum Gasteiger partial charge on any atom is -0.375 e. The van der Waals surface area contributed by atoms with Crippen molar-refractivity contribution in [2.75, 3.05) is 5.73 Å². The van der Waals surface area contributed by atoms with E-state index in [-0.39, 0.29) is 0 Å². The highest BCUT2D eigenvalue weighted by Crippen LogP contribution is 2.30. The Hall–Kier alpha value is -1.43. The van der Waals surface area contributed by atoms with Gasteiger partial charge in [-0.3, -0.25) is 0 Å². The van der Waals surface area contributed by atoms with E-state index in [1.54, 1.807) is 0 Å². The minimum atomic E-state index is 0.308. The molecule has 2 aromatic rings. The molecule has 2 aromatic heterocycles. The van der Waals surface area contributed by atoms with Crippen LogP contribution in [0.4, 0.5) is 5.13 Å². The van der Waals surface area contributed by atoms with Gasteiger partial charge >= 0.3 is 0 Å². The van der Waals surface area contributed by atoms with Crippen molar-refractivity contribution in [3.8, 4) is 10.8 Å². The quantitative estimate of drug-likeness (QED) is 0.889. The van der Waals surface area contributed by atoms with Gasteiger partial charge in [0.25, 0.3) is 5.89 Å². The van der Waals surface area contributed by atoms with Crippen LogP contribution in [-0.2, 0) is 0 Å². The summed E-state index contributed by atoms with van der Waals surface area (Å²) in [6, 6.07) is 0. The number of aryl methyl sites for hydroxylation is 1. The first-order chi connectivity index (χ1) is 7.61. The molecule has 1 unspecified atom stereocenters. The Morgan fingerprint density at radius 1 is 1.44 bits per heavy atom. The molecule has 0 aliphatic heterocycles. The Morgan fingerprint density at radius 3 is 2.75 bits per heavy atom. The van der Waals surface area contributed by atoms with Gasteiger partial charge in [0, 0.05) is 5.92 Å². The second-order valence-electron chi connectivity index (χ2n) is 3.73. The largest absolute Gasteiger partial charge is 0.375 e. The first kappa shape index (κ1) is 11.1. The van der Waals surface area contributed by atoms with Gasteiger partial charge in [-0.2, -0.15) is 4.98 Å². The molecule has 1 atom stereocenters. The lowest BCUT2D eigenvalue weighted by Gasteiger charge is -1.98. The van der Waals surface area contributed by atoms with Crippen molar-refractivity contribution in [2.45, 2.75) is 33.1 Å². The first-order valence-corrected chi connectivity index (χ1v) is 6.00. The van der Waals surface area contributed by atoms with Crippen molar-refractivity contribution in [3.05, 3.63) is 11.5 Å². The second kappa shape index (κ2) is 4.21. The van der Waals surface area contributed by atoms with E-state index >= 15 is 0 Å². The molecule has 0 saturated carbocycles. The Bertz CT molecular complexity index is 491. The van der Waals surface area contributed by atoms with Crippen molar-refractivity contribution in [1.82, 2.24) is 15.1 Å². The van der Waals surface area contributed by atoms with Crippen LogP contribution in [0.3, 0.4) is 0 Å². The Labute approximate surface area is 97.7 Å². The van der Waals surface area contributed by atoms with Crippen LogP contribution in [0.5, 0.6) is 0 Å². The molecule has 5 nitrogen and oxygen atoms in total. The maximum absolute atomic E-state index is 5.63. The summed E-state index contributed by atoms with van der Waals surface area (Å²) in [5, 5.41) is 4.49. The predicted molar refractivity (Wildman–Crippen MR) is 63.3 cm³/mol. The van der Waals surface area contributed by atoms with Crippen LogP contribution in [0.2, 0.25) is 0 Å². The number of nitrogen functional groups attached to an aromatic ring is 1. The van der Waals surface area contributed by atoms with Gasteiger partial charge in [0.1, 0.15) is 4.88 Å². The molecule has 0 aliphatic carbocycles. The Morgan fingerprint density at radius 2 is 2.19 bits per heavy atom. The lowest BCUT2D eigenvalue weighted by atomic mass is 10.1. The van der Waals surface area contributed by atoms with Gasteiger partial charge in [-0.05, 0) is 13.3 Å². The zero-order chi connectivity index (χ0) is 11.7. The van der Waals surface area contributed by atoms with Gasteiger partial charge in [-0.25, -0.2) is 4.98 Å². The molecule has 0 aliphatic rings. The first-order valence-electron chi connectivity index (χ1n) is 5.18. The molecule has 0 spiro atoms. The van der Waals surface area contributed by atoms with E-state index in [2.05, 4.69) is 29.0 Å². The smallest absolute Gasteiger partial charge is 0.269 e. The number of anilines is 1. The molecule has 0 aromatic carbocycles. The third-order valence-electron chi connectivity index (χ3n) is 2.50. The van der Waals surface area contributed by atoms with Gasteiger partial charge in [0.2, 0.25) is 0 Å². The summed E-state index contributed by atoms with van der Waals surface area (Å²) >= 11 is 1.37. The fraction of sp³-hybridized carbons (Fsp3) is 0.500. The number of nitrogens with zero attached hydrogens (tertiary/aromatic N) is 3. The van der Waals surface area contributed by atoms with E-state index in [4.69, 9.17) is 10.3 Å². The van der Waals surface area contributed by atoms with Crippen molar-refractivity contribution < 1.29 is 4.52 Å². The number of thiazole rings is 1. The average Bonchev–Trinajstić information content (AvgIpc) is 2.83. The standard InChI is InChI=1S/C10H14N4OS/c1-4-5(2)8-13-9(15-14-8)7-6(3)12-10(11)16-7/h5H,4H2,1-3H3,(H2,11,12). The Balaban J connectivity index is 2.35. The van der Waals surface area contributed by atoms with Gasteiger partial charge in [0.15, 0.2) is 11.0 Å². The van der Waals surface area contributed by atoms with Gasteiger partial charge < -0.3 is 10.3 Å². The predicted octanol–water partition coefficient (Wildman–Crippen LogP) is 2.60. The molecule has 0 fully saturated rings. The van der Waals surface area contributed by atoms with Gasteiger partial charge in [0.05, 0.1) is 5.69 Å². The van der Waals surface area contributed by atoms with Crippen molar-refractivity contribution in [1.29, 1.82) is 0 Å². The molecular weight excluding hydrogens is 224 g/mol. The van der Waals surface area contributed by atoms with Crippen molar-refractivity contribution in [2.24, 2.45) is 0 Å². The summed E-state index contributed by atoms with van der Waals surface area (Å²) in [5.41, 5.74) is 6.46. The maximum atomic E-state index is 5.63. The third-order valence-corrected chi connectivity index (χ3v) is 3.48. The van der Waals surface area contributed by atoms with E-state index in [0.717, 1.165) is 22.8 Å².